The Labute approximate surface area is 114 Å². The summed E-state index contributed by atoms with van der Waals surface area (Å²) in [7, 11) is 1.79. The quantitative estimate of drug-likeness (QED) is 0.609. The third-order valence-corrected chi connectivity index (χ3v) is 3.21. The van der Waals surface area contributed by atoms with E-state index in [0.717, 1.165) is 44.4 Å². The van der Waals surface area contributed by atoms with E-state index in [2.05, 4.69) is 27.5 Å². The van der Waals surface area contributed by atoms with Crippen LogP contribution in [0.5, 0.6) is 0 Å². The summed E-state index contributed by atoms with van der Waals surface area (Å²) in [5.41, 5.74) is 1.34. The lowest BCUT2D eigenvalue weighted by atomic mass is 9.89. The fourth-order valence-electron chi connectivity index (χ4n) is 1.93. The first-order chi connectivity index (χ1) is 9.22. The summed E-state index contributed by atoms with van der Waals surface area (Å²) in [5.74, 6) is 0.837. The highest BCUT2D eigenvalue weighted by molar-refractivity contribution is 5.79. The molecular weight excluding hydrogens is 240 g/mol. The Bertz CT molecular complexity index is 415. The fraction of sp³-hybridized carbons (Fsp3) is 0.571. The molecule has 104 valence electrons. The number of hydrogen-bond donors (Lipinski definition) is 2. The van der Waals surface area contributed by atoms with E-state index < -0.39 is 0 Å². The molecule has 1 aliphatic rings. The maximum Gasteiger partial charge on any atom is 0.191 e. The highest BCUT2D eigenvalue weighted by atomic mass is 16.5. The van der Waals surface area contributed by atoms with Crippen LogP contribution < -0.4 is 10.6 Å². The fourth-order valence-corrected chi connectivity index (χ4v) is 1.93. The molecular formula is C14H22N4O. The zero-order valence-electron chi connectivity index (χ0n) is 11.6. The molecule has 0 amide bonds. The van der Waals surface area contributed by atoms with Crippen molar-refractivity contribution in [3.8, 4) is 0 Å². The van der Waals surface area contributed by atoms with Crippen molar-refractivity contribution in [1.29, 1.82) is 0 Å². The molecule has 1 aromatic heterocycles. The summed E-state index contributed by atoms with van der Waals surface area (Å²) >= 11 is 0. The zero-order valence-corrected chi connectivity index (χ0v) is 11.6. The normalized spacial score (nSPS) is 17.7. The van der Waals surface area contributed by atoms with E-state index in [-0.39, 0.29) is 5.41 Å². The van der Waals surface area contributed by atoms with E-state index in [4.69, 9.17) is 4.74 Å². The van der Waals surface area contributed by atoms with Gasteiger partial charge in [0.15, 0.2) is 5.96 Å². The number of aromatic nitrogens is 1. The van der Waals surface area contributed by atoms with Gasteiger partial charge in [-0.3, -0.25) is 9.98 Å². The molecule has 0 bridgehead atoms. The Morgan fingerprint density at radius 3 is 2.84 bits per heavy atom. The van der Waals surface area contributed by atoms with Gasteiger partial charge in [0, 0.05) is 43.9 Å². The molecule has 2 N–H and O–H groups in total. The molecule has 2 rings (SSSR count). The summed E-state index contributed by atoms with van der Waals surface area (Å²) in [6.07, 6.45) is 2.71. The molecule has 0 spiro atoms. The molecule has 0 aliphatic carbocycles. The summed E-state index contributed by atoms with van der Waals surface area (Å²) < 4.78 is 5.23. The topological polar surface area (TPSA) is 58.5 Å². The number of aliphatic imine (C=N–C) groups is 1. The van der Waals surface area contributed by atoms with Crippen LogP contribution >= 0.6 is 0 Å². The van der Waals surface area contributed by atoms with Gasteiger partial charge in [0.2, 0.25) is 0 Å². The Morgan fingerprint density at radius 1 is 1.42 bits per heavy atom. The maximum atomic E-state index is 5.23. The number of nitrogens with zero attached hydrogens (tertiary/aromatic N) is 2. The lowest BCUT2D eigenvalue weighted by Crippen LogP contribution is -2.51. The molecule has 1 fully saturated rings. The number of hydrogen-bond acceptors (Lipinski definition) is 3. The number of guanidine groups is 1. The van der Waals surface area contributed by atoms with Crippen LogP contribution in [0.2, 0.25) is 0 Å². The van der Waals surface area contributed by atoms with E-state index in [1.807, 2.05) is 24.4 Å². The molecule has 5 nitrogen and oxygen atoms in total. The number of rotatable bonds is 5. The monoisotopic (exact) mass is 262 g/mol. The second-order valence-corrected chi connectivity index (χ2v) is 5.23. The van der Waals surface area contributed by atoms with Crippen molar-refractivity contribution in [1.82, 2.24) is 15.6 Å². The van der Waals surface area contributed by atoms with E-state index in [1.54, 1.807) is 7.05 Å². The number of ether oxygens (including phenoxy) is 1. The van der Waals surface area contributed by atoms with E-state index in [0.29, 0.717) is 0 Å². The van der Waals surface area contributed by atoms with Gasteiger partial charge < -0.3 is 15.4 Å². The molecule has 0 aromatic carbocycles. The van der Waals surface area contributed by atoms with Gasteiger partial charge in [0.05, 0.1) is 13.2 Å². The van der Waals surface area contributed by atoms with Crippen LogP contribution in [-0.2, 0) is 11.2 Å². The molecule has 1 aromatic rings. The van der Waals surface area contributed by atoms with E-state index in [1.165, 1.54) is 0 Å². The Morgan fingerprint density at radius 2 is 2.26 bits per heavy atom. The van der Waals surface area contributed by atoms with Crippen LogP contribution in [0, 0.1) is 5.41 Å². The number of pyridine rings is 1. The standard InChI is InChI=1S/C14H22N4O/c1-14(10-19-11-14)9-18-13(15-2)17-8-6-12-5-3-4-7-16-12/h3-5,7H,6,8-11H2,1-2H3,(H2,15,17,18). The van der Waals surface area contributed by atoms with Crippen molar-refractivity contribution >= 4 is 5.96 Å². The molecule has 0 atom stereocenters. The minimum absolute atomic E-state index is 0.249. The molecule has 0 saturated carbocycles. The van der Waals surface area contributed by atoms with Gasteiger partial charge in [0.25, 0.3) is 0 Å². The van der Waals surface area contributed by atoms with Crippen LogP contribution in [0.15, 0.2) is 29.4 Å². The van der Waals surface area contributed by atoms with Crippen molar-refractivity contribution in [3.05, 3.63) is 30.1 Å². The van der Waals surface area contributed by atoms with Gasteiger partial charge in [-0.15, -0.1) is 0 Å². The summed E-state index contributed by atoms with van der Waals surface area (Å²) in [5, 5.41) is 6.63. The summed E-state index contributed by atoms with van der Waals surface area (Å²) in [6.45, 7) is 5.57. The van der Waals surface area contributed by atoms with E-state index >= 15 is 0 Å². The zero-order chi connectivity index (χ0) is 13.6. The number of nitrogens with one attached hydrogen (secondary N) is 2. The van der Waals surface area contributed by atoms with Crippen LogP contribution in [0.3, 0.4) is 0 Å². The first-order valence-electron chi connectivity index (χ1n) is 6.64. The van der Waals surface area contributed by atoms with Crippen LogP contribution in [0.4, 0.5) is 0 Å². The minimum atomic E-state index is 0.249. The Hall–Kier alpha value is -1.62. The van der Waals surface area contributed by atoms with Crippen molar-refractivity contribution in [3.63, 3.8) is 0 Å². The Kier molecular flexibility index (Phi) is 4.74. The maximum absolute atomic E-state index is 5.23. The lowest BCUT2D eigenvalue weighted by Gasteiger charge is -2.38. The highest BCUT2D eigenvalue weighted by Crippen LogP contribution is 2.24. The second kappa shape index (κ2) is 6.52. The molecule has 2 heterocycles. The van der Waals surface area contributed by atoms with Gasteiger partial charge >= 0.3 is 0 Å². The van der Waals surface area contributed by atoms with Gasteiger partial charge in [-0.2, -0.15) is 0 Å². The van der Waals surface area contributed by atoms with Crippen LogP contribution in [-0.4, -0.2) is 44.3 Å². The molecule has 1 aliphatic heterocycles. The molecule has 19 heavy (non-hydrogen) atoms. The average Bonchev–Trinajstić information content (AvgIpc) is 2.41. The Balaban J connectivity index is 1.68. The van der Waals surface area contributed by atoms with Crippen molar-refractivity contribution < 1.29 is 4.74 Å². The predicted molar refractivity (Wildman–Crippen MR) is 76.2 cm³/mol. The second-order valence-electron chi connectivity index (χ2n) is 5.23. The highest BCUT2D eigenvalue weighted by Gasteiger charge is 2.33. The third kappa shape index (κ3) is 4.21. The average molecular weight is 262 g/mol. The third-order valence-electron chi connectivity index (χ3n) is 3.21. The molecule has 1 saturated heterocycles. The predicted octanol–water partition coefficient (Wildman–Crippen LogP) is 0.826. The van der Waals surface area contributed by atoms with Gasteiger partial charge in [-0.25, -0.2) is 0 Å². The summed E-state index contributed by atoms with van der Waals surface area (Å²) in [4.78, 5) is 8.51. The van der Waals surface area contributed by atoms with Crippen LogP contribution in [0.1, 0.15) is 12.6 Å². The SMILES string of the molecule is CN=C(NCCc1ccccn1)NCC1(C)COC1. The first kappa shape index (κ1) is 13.8. The van der Waals surface area contributed by atoms with Crippen molar-refractivity contribution in [2.24, 2.45) is 10.4 Å². The lowest BCUT2D eigenvalue weighted by molar-refractivity contribution is -0.0971. The summed E-state index contributed by atoms with van der Waals surface area (Å²) in [6, 6.07) is 5.97. The largest absolute Gasteiger partial charge is 0.380 e. The van der Waals surface area contributed by atoms with Crippen molar-refractivity contribution in [2.75, 3.05) is 33.4 Å². The van der Waals surface area contributed by atoms with E-state index in [9.17, 15) is 0 Å². The van der Waals surface area contributed by atoms with Gasteiger partial charge in [-0.05, 0) is 12.1 Å². The van der Waals surface area contributed by atoms with Crippen LogP contribution in [0.25, 0.3) is 0 Å². The molecule has 0 radical (unpaired) electrons. The molecule has 0 unspecified atom stereocenters. The minimum Gasteiger partial charge on any atom is -0.380 e. The van der Waals surface area contributed by atoms with Crippen molar-refractivity contribution in [2.45, 2.75) is 13.3 Å². The smallest absolute Gasteiger partial charge is 0.191 e. The van der Waals surface area contributed by atoms with Gasteiger partial charge in [-0.1, -0.05) is 13.0 Å². The van der Waals surface area contributed by atoms with Gasteiger partial charge in [0.1, 0.15) is 0 Å². The first-order valence-corrected chi connectivity index (χ1v) is 6.64. The molecule has 5 heteroatoms.